The summed E-state index contributed by atoms with van der Waals surface area (Å²) < 4.78 is 0. The van der Waals surface area contributed by atoms with Crippen LogP contribution in [-0.2, 0) is 4.79 Å². The van der Waals surface area contributed by atoms with Crippen LogP contribution in [0.5, 0.6) is 0 Å². The fourth-order valence-corrected chi connectivity index (χ4v) is 2.21. The minimum Gasteiger partial charge on any atom is -0.481 e. The van der Waals surface area contributed by atoms with E-state index in [2.05, 4.69) is 4.90 Å². The summed E-state index contributed by atoms with van der Waals surface area (Å²) in [5.41, 5.74) is 0. The molecule has 0 aromatic carbocycles. The predicted molar refractivity (Wildman–Crippen MR) is 66.0 cm³/mol. The van der Waals surface area contributed by atoms with Gasteiger partial charge in [0.05, 0.1) is 12.5 Å². The lowest BCUT2D eigenvalue weighted by molar-refractivity contribution is -0.137. The topological polar surface area (TPSA) is 64.0 Å². The van der Waals surface area contributed by atoms with Crippen LogP contribution in [0.3, 0.4) is 0 Å². The van der Waals surface area contributed by atoms with Crippen molar-refractivity contribution < 1.29 is 15.0 Å². The zero-order chi connectivity index (χ0) is 12.7. The van der Waals surface area contributed by atoms with Gasteiger partial charge in [-0.2, -0.15) is 0 Å². The molecule has 0 saturated carbocycles. The van der Waals surface area contributed by atoms with E-state index in [0.29, 0.717) is 13.1 Å². The van der Waals surface area contributed by atoms with Gasteiger partial charge in [-0.1, -0.05) is 0 Å². The molecule has 1 aliphatic heterocycles. The lowest BCUT2D eigenvalue weighted by Crippen LogP contribution is -2.38. The molecule has 1 atom stereocenters. The number of likely N-dealkylation sites (tertiary alicyclic amines) is 1. The first-order valence-electron chi connectivity index (χ1n) is 6.42. The molecule has 0 spiro atoms. The normalized spacial score (nSPS) is 18.8. The molecule has 0 aliphatic carbocycles. The molecule has 1 unspecified atom stereocenters. The quantitative estimate of drug-likeness (QED) is 0.640. The zero-order valence-electron chi connectivity index (χ0n) is 10.6. The number of carbonyl (C=O) groups is 1. The Morgan fingerprint density at radius 1 is 1.35 bits per heavy atom. The molecule has 0 amide bonds. The summed E-state index contributed by atoms with van der Waals surface area (Å²) in [6.45, 7) is 6.95. The fraction of sp³-hybridized carbons (Fsp3) is 0.917. The van der Waals surface area contributed by atoms with Gasteiger partial charge in [0.15, 0.2) is 0 Å². The highest BCUT2D eigenvalue weighted by molar-refractivity contribution is 5.66. The number of rotatable bonds is 8. The third-order valence-corrected chi connectivity index (χ3v) is 3.10. The number of carboxylic acid groups (broad SMARTS) is 1. The number of hydrogen-bond donors (Lipinski definition) is 2. The number of carboxylic acids is 1. The van der Waals surface area contributed by atoms with E-state index in [-0.39, 0.29) is 6.42 Å². The largest absolute Gasteiger partial charge is 0.481 e. The van der Waals surface area contributed by atoms with E-state index >= 15 is 0 Å². The van der Waals surface area contributed by atoms with Crippen molar-refractivity contribution in [1.29, 1.82) is 0 Å². The maximum absolute atomic E-state index is 10.6. The predicted octanol–water partition coefficient (Wildman–Crippen LogP) is 0.240. The van der Waals surface area contributed by atoms with Crippen molar-refractivity contribution in [1.82, 2.24) is 9.80 Å². The van der Waals surface area contributed by atoms with Gasteiger partial charge in [-0.05, 0) is 32.9 Å². The lowest BCUT2D eigenvalue weighted by Gasteiger charge is -2.25. The van der Waals surface area contributed by atoms with Gasteiger partial charge >= 0.3 is 5.97 Å². The van der Waals surface area contributed by atoms with Crippen LogP contribution in [0.4, 0.5) is 0 Å². The number of nitrogens with zero attached hydrogens (tertiary/aromatic N) is 2. The van der Waals surface area contributed by atoms with Crippen molar-refractivity contribution in [3.05, 3.63) is 0 Å². The molecule has 100 valence electrons. The minimum atomic E-state index is -0.776. The average Bonchev–Trinajstić information content (AvgIpc) is 2.74. The molecule has 17 heavy (non-hydrogen) atoms. The molecular formula is C12H24N2O3. The van der Waals surface area contributed by atoms with Crippen LogP contribution in [0, 0.1) is 0 Å². The van der Waals surface area contributed by atoms with Crippen molar-refractivity contribution in [3.63, 3.8) is 0 Å². The summed E-state index contributed by atoms with van der Waals surface area (Å²) in [5, 5.41) is 18.1. The summed E-state index contributed by atoms with van der Waals surface area (Å²) in [5.74, 6) is -0.776. The Bertz CT molecular complexity index is 228. The van der Waals surface area contributed by atoms with Gasteiger partial charge in [0.2, 0.25) is 0 Å². The van der Waals surface area contributed by atoms with E-state index in [1.807, 2.05) is 4.90 Å². The van der Waals surface area contributed by atoms with Crippen molar-refractivity contribution in [2.45, 2.75) is 32.3 Å². The van der Waals surface area contributed by atoms with Crippen LogP contribution in [0.2, 0.25) is 0 Å². The Morgan fingerprint density at radius 3 is 2.53 bits per heavy atom. The van der Waals surface area contributed by atoms with Crippen LogP contribution < -0.4 is 0 Å². The van der Waals surface area contributed by atoms with E-state index in [4.69, 9.17) is 5.11 Å². The highest BCUT2D eigenvalue weighted by atomic mass is 16.4. The molecule has 0 radical (unpaired) electrons. The smallest absolute Gasteiger partial charge is 0.304 e. The van der Waals surface area contributed by atoms with Crippen molar-refractivity contribution in [2.24, 2.45) is 0 Å². The third kappa shape index (κ3) is 6.61. The molecule has 0 aromatic heterocycles. The second-order valence-electron chi connectivity index (χ2n) is 4.84. The molecule has 0 bridgehead atoms. The maximum atomic E-state index is 10.6. The van der Waals surface area contributed by atoms with E-state index in [0.717, 1.165) is 26.2 Å². The monoisotopic (exact) mass is 244 g/mol. The number of aliphatic carboxylic acids is 1. The molecule has 2 N–H and O–H groups in total. The van der Waals surface area contributed by atoms with E-state index in [9.17, 15) is 9.90 Å². The van der Waals surface area contributed by atoms with Gasteiger partial charge in [0.1, 0.15) is 0 Å². The summed E-state index contributed by atoms with van der Waals surface area (Å²) in [4.78, 5) is 15.0. The second kappa shape index (κ2) is 7.63. The number of hydrogen-bond acceptors (Lipinski definition) is 4. The first kappa shape index (κ1) is 14.4. The zero-order valence-corrected chi connectivity index (χ0v) is 10.6. The summed E-state index contributed by atoms with van der Waals surface area (Å²) in [7, 11) is 0. The lowest BCUT2D eigenvalue weighted by atomic mass is 10.3. The molecule has 5 nitrogen and oxygen atoms in total. The standard InChI is InChI=1S/C12H24N2O3/c1-11(15)10-14(7-4-12(16)17)9-8-13-5-2-3-6-13/h11,15H,2-10H2,1H3,(H,16,17). The molecular weight excluding hydrogens is 220 g/mol. The Kier molecular flexibility index (Phi) is 6.47. The first-order valence-corrected chi connectivity index (χ1v) is 6.42. The molecule has 5 heteroatoms. The van der Waals surface area contributed by atoms with Crippen molar-refractivity contribution in [2.75, 3.05) is 39.3 Å². The Hall–Kier alpha value is -0.650. The van der Waals surface area contributed by atoms with Crippen LogP contribution in [0.1, 0.15) is 26.2 Å². The van der Waals surface area contributed by atoms with Gasteiger partial charge in [0.25, 0.3) is 0 Å². The highest BCUT2D eigenvalue weighted by Crippen LogP contribution is 2.07. The second-order valence-corrected chi connectivity index (χ2v) is 4.84. The van der Waals surface area contributed by atoms with Gasteiger partial charge in [-0.3, -0.25) is 9.69 Å². The van der Waals surface area contributed by atoms with Crippen LogP contribution in [-0.4, -0.2) is 71.4 Å². The van der Waals surface area contributed by atoms with Crippen molar-refractivity contribution in [3.8, 4) is 0 Å². The Labute approximate surface area is 103 Å². The molecule has 1 fully saturated rings. The van der Waals surface area contributed by atoms with Gasteiger partial charge in [0, 0.05) is 26.2 Å². The maximum Gasteiger partial charge on any atom is 0.304 e. The van der Waals surface area contributed by atoms with E-state index in [1.165, 1.54) is 12.8 Å². The summed E-state index contributed by atoms with van der Waals surface area (Å²) >= 11 is 0. The summed E-state index contributed by atoms with van der Waals surface area (Å²) in [6.07, 6.45) is 2.28. The third-order valence-electron chi connectivity index (χ3n) is 3.10. The van der Waals surface area contributed by atoms with Gasteiger partial charge in [-0.25, -0.2) is 0 Å². The number of aliphatic hydroxyl groups is 1. The molecule has 0 aromatic rings. The van der Waals surface area contributed by atoms with Gasteiger partial charge < -0.3 is 15.1 Å². The van der Waals surface area contributed by atoms with Crippen LogP contribution in [0.15, 0.2) is 0 Å². The highest BCUT2D eigenvalue weighted by Gasteiger charge is 2.14. The fourth-order valence-electron chi connectivity index (χ4n) is 2.21. The average molecular weight is 244 g/mol. The first-order chi connectivity index (χ1) is 8.08. The van der Waals surface area contributed by atoms with E-state index < -0.39 is 12.1 Å². The Balaban J connectivity index is 2.25. The SMILES string of the molecule is CC(O)CN(CCC(=O)O)CCN1CCCC1. The minimum absolute atomic E-state index is 0.146. The van der Waals surface area contributed by atoms with Crippen molar-refractivity contribution >= 4 is 5.97 Å². The van der Waals surface area contributed by atoms with E-state index in [1.54, 1.807) is 6.92 Å². The molecule has 1 aliphatic rings. The number of aliphatic hydroxyl groups excluding tert-OH is 1. The summed E-state index contributed by atoms with van der Waals surface area (Å²) in [6, 6.07) is 0. The van der Waals surface area contributed by atoms with Crippen LogP contribution >= 0.6 is 0 Å². The van der Waals surface area contributed by atoms with Gasteiger partial charge in [-0.15, -0.1) is 0 Å². The Morgan fingerprint density at radius 2 is 2.00 bits per heavy atom. The molecule has 1 heterocycles. The molecule has 1 saturated heterocycles. The van der Waals surface area contributed by atoms with Crippen LogP contribution in [0.25, 0.3) is 0 Å². The molecule has 1 rings (SSSR count).